The van der Waals surface area contributed by atoms with Gasteiger partial charge in [-0.2, -0.15) is 0 Å². The first kappa shape index (κ1) is 7.79. The van der Waals surface area contributed by atoms with Crippen LogP contribution in [0.3, 0.4) is 0 Å². The van der Waals surface area contributed by atoms with Crippen molar-refractivity contribution in [2.75, 3.05) is 5.32 Å². The fraction of sp³-hybridized carbons (Fsp3) is 0.111. The summed E-state index contributed by atoms with van der Waals surface area (Å²) >= 11 is 0. The summed E-state index contributed by atoms with van der Waals surface area (Å²) in [5.41, 5.74) is 6.74. The minimum absolute atomic E-state index is 0.387. The van der Waals surface area contributed by atoms with Crippen molar-refractivity contribution in [2.45, 2.75) is 6.42 Å². The Balaban J connectivity index is 2.33. The first-order chi connectivity index (χ1) is 6.27. The van der Waals surface area contributed by atoms with E-state index in [2.05, 4.69) is 10.3 Å². The number of pyridine rings is 1. The number of nitrogens with two attached hydrogens (primary N) is 1. The molecule has 0 radical (unpaired) electrons. The highest BCUT2D eigenvalue weighted by Gasteiger charge is 2.14. The third-order valence-electron chi connectivity index (χ3n) is 1.97. The summed E-state index contributed by atoms with van der Waals surface area (Å²) < 4.78 is 0. The molecule has 4 heteroatoms. The van der Waals surface area contributed by atoms with E-state index >= 15 is 0 Å². The van der Waals surface area contributed by atoms with Gasteiger partial charge in [-0.25, -0.2) is 4.98 Å². The number of anilines is 1. The molecule has 13 heavy (non-hydrogen) atoms. The average molecular weight is 175 g/mol. The number of rotatable bonds is 1. The van der Waals surface area contributed by atoms with E-state index in [0.717, 1.165) is 11.4 Å². The molecule has 0 bridgehead atoms. The highest BCUT2D eigenvalue weighted by Crippen LogP contribution is 2.20. The van der Waals surface area contributed by atoms with Crippen LogP contribution in [-0.4, -0.2) is 10.9 Å². The van der Waals surface area contributed by atoms with Crippen molar-refractivity contribution >= 4 is 11.7 Å². The van der Waals surface area contributed by atoms with Gasteiger partial charge in [0.2, 0.25) is 5.91 Å². The Labute approximate surface area is 75.5 Å². The van der Waals surface area contributed by atoms with Gasteiger partial charge in [0.1, 0.15) is 5.82 Å². The van der Waals surface area contributed by atoms with Crippen LogP contribution in [-0.2, 0) is 11.2 Å². The second kappa shape index (κ2) is 2.90. The number of nitrogens with zero attached hydrogens (tertiary/aromatic N) is 1. The number of fused-ring (bicyclic) bond motifs is 1. The first-order valence-electron chi connectivity index (χ1n) is 3.96. The van der Waals surface area contributed by atoms with Crippen LogP contribution in [0.2, 0.25) is 0 Å². The van der Waals surface area contributed by atoms with Gasteiger partial charge in [0.05, 0.1) is 0 Å². The van der Waals surface area contributed by atoms with E-state index in [0.29, 0.717) is 12.0 Å². The number of nitrogens with one attached hydrogen (secondary N) is 1. The lowest BCUT2D eigenvalue weighted by Gasteiger charge is -2.14. The Morgan fingerprint density at radius 1 is 1.62 bits per heavy atom. The van der Waals surface area contributed by atoms with E-state index in [1.807, 2.05) is 12.1 Å². The maximum Gasteiger partial charge on any atom is 0.246 e. The number of hydrogen-bond acceptors (Lipinski definition) is 3. The minimum Gasteiger partial charge on any atom is -0.366 e. The molecule has 1 aliphatic heterocycles. The van der Waals surface area contributed by atoms with E-state index in [-0.39, 0.29) is 5.91 Å². The van der Waals surface area contributed by atoms with Crippen LogP contribution in [0.25, 0.3) is 0 Å². The summed E-state index contributed by atoms with van der Waals surface area (Å²) in [7, 11) is 0. The molecule has 1 aromatic heterocycles. The molecular formula is C9H9N3O. The molecule has 0 spiro atoms. The lowest BCUT2D eigenvalue weighted by Crippen LogP contribution is -2.20. The highest BCUT2D eigenvalue weighted by molar-refractivity contribution is 5.93. The number of carbonyl (C=O) groups is 1. The molecule has 0 fully saturated rings. The lowest BCUT2D eigenvalue weighted by molar-refractivity contribution is -0.114. The van der Waals surface area contributed by atoms with E-state index in [9.17, 15) is 4.79 Å². The topological polar surface area (TPSA) is 68.0 Å². The molecule has 1 amide bonds. The van der Waals surface area contributed by atoms with Crippen molar-refractivity contribution in [3.63, 3.8) is 0 Å². The Hall–Kier alpha value is -1.84. The average Bonchev–Trinajstić information content (AvgIpc) is 2.17. The maximum atomic E-state index is 10.9. The molecule has 0 unspecified atom stereocenters. The molecule has 1 aliphatic rings. The first-order valence-corrected chi connectivity index (χ1v) is 3.96. The third kappa shape index (κ3) is 1.38. The number of aromatic nitrogens is 1. The summed E-state index contributed by atoms with van der Waals surface area (Å²) in [6.07, 6.45) is 3.87. The molecule has 4 nitrogen and oxygen atoms in total. The van der Waals surface area contributed by atoms with Crippen LogP contribution in [0.15, 0.2) is 30.1 Å². The molecule has 2 rings (SSSR count). The smallest absolute Gasteiger partial charge is 0.246 e. The monoisotopic (exact) mass is 175 g/mol. The summed E-state index contributed by atoms with van der Waals surface area (Å²) in [5.74, 6) is 0.412. The minimum atomic E-state index is -0.387. The second-order valence-electron chi connectivity index (χ2n) is 2.87. The summed E-state index contributed by atoms with van der Waals surface area (Å²) in [4.78, 5) is 15.0. The molecule has 66 valence electrons. The van der Waals surface area contributed by atoms with E-state index in [4.69, 9.17) is 5.73 Å². The van der Waals surface area contributed by atoms with Gasteiger partial charge in [-0.1, -0.05) is 6.07 Å². The van der Waals surface area contributed by atoms with Crippen LogP contribution < -0.4 is 11.1 Å². The zero-order valence-electron chi connectivity index (χ0n) is 6.95. The quantitative estimate of drug-likeness (QED) is 0.650. The number of amides is 1. The lowest BCUT2D eigenvalue weighted by atomic mass is 10.0. The van der Waals surface area contributed by atoms with Crippen LogP contribution in [0.5, 0.6) is 0 Å². The van der Waals surface area contributed by atoms with E-state index in [1.54, 1.807) is 12.4 Å². The van der Waals surface area contributed by atoms with Gasteiger partial charge >= 0.3 is 0 Å². The standard InChI is InChI=1S/C9H9N3O/c10-8(13)7-4-6-2-1-3-11-9(6)12-5-7/h1-3,5H,4H2,(H2,10,13)(H,11,12). The van der Waals surface area contributed by atoms with Crippen molar-refractivity contribution in [1.82, 2.24) is 4.98 Å². The van der Waals surface area contributed by atoms with Gasteiger partial charge in [0.25, 0.3) is 0 Å². The Bertz CT molecular complexity index is 384. The zero-order valence-corrected chi connectivity index (χ0v) is 6.95. The molecule has 3 N–H and O–H groups in total. The third-order valence-corrected chi connectivity index (χ3v) is 1.97. The number of carbonyl (C=O) groups excluding carboxylic acids is 1. The van der Waals surface area contributed by atoms with Crippen LogP contribution in [0.1, 0.15) is 5.56 Å². The van der Waals surface area contributed by atoms with Gasteiger partial charge in [-0.15, -0.1) is 0 Å². The van der Waals surface area contributed by atoms with Gasteiger partial charge in [-0.05, 0) is 11.6 Å². The number of primary amides is 1. The molecule has 0 saturated heterocycles. The highest BCUT2D eigenvalue weighted by atomic mass is 16.1. The maximum absolute atomic E-state index is 10.9. The Kier molecular flexibility index (Phi) is 1.73. The molecule has 0 aromatic carbocycles. The van der Waals surface area contributed by atoms with Crippen molar-refractivity contribution in [3.05, 3.63) is 35.7 Å². The van der Waals surface area contributed by atoms with Gasteiger partial charge < -0.3 is 11.1 Å². The molecule has 1 aromatic rings. The largest absolute Gasteiger partial charge is 0.366 e. The predicted octanol–water partition coefficient (Wildman–Crippen LogP) is 0.419. The van der Waals surface area contributed by atoms with Crippen molar-refractivity contribution in [3.8, 4) is 0 Å². The SMILES string of the molecule is NC(=O)C1=CNc2ncccc2C1. The molecule has 0 saturated carbocycles. The van der Waals surface area contributed by atoms with E-state index < -0.39 is 0 Å². The normalized spacial score (nSPS) is 14.0. The fourth-order valence-electron chi connectivity index (χ4n) is 1.28. The van der Waals surface area contributed by atoms with Crippen LogP contribution in [0.4, 0.5) is 5.82 Å². The molecule has 0 aliphatic carbocycles. The van der Waals surface area contributed by atoms with Gasteiger partial charge in [-0.3, -0.25) is 4.79 Å². The Morgan fingerprint density at radius 3 is 3.23 bits per heavy atom. The summed E-state index contributed by atoms with van der Waals surface area (Å²) in [6, 6.07) is 3.76. The van der Waals surface area contributed by atoms with Gasteiger partial charge in [0, 0.05) is 24.4 Å². The molecular weight excluding hydrogens is 166 g/mol. The summed E-state index contributed by atoms with van der Waals surface area (Å²) in [5, 5.41) is 2.92. The van der Waals surface area contributed by atoms with Crippen LogP contribution in [0, 0.1) is 0 Å². The predicted molar refractivity (Wildman–Crippen MR) is 48.8 cm³/mol. The van der Waals surface area contributed by atoms with Crippen molar-refractivity contribution in [2.24, 2.45) is 5.73 Å². The second-order valence-corrected chi connectivity index (χ2v) is 2.87. The zero-order chi connectivity index (χ0) is 9.26. The summed E-state index contributed by atoms with van der Waals surface area (Å²) in [6.45, 7) is 0. The Morgan fingerprint density at radius 2 is 2.46 bits per heavy atom. The van der Waals surface area contributed by atoms with Crippen LogP contribution >= 0.6 is 0 Å². The van der Waals surface area contributed by atoms with E-state index in [1.165, 1.54) is 0 Å². The molecule has 2 heterocycles. The fourth-order valence-corrected chi connectivity index (χ4v) is 1.28. The molecule has 0 atom stereocenters. The van der Waals surface area contributed by atoms with Crippen molar-refractivity contribution in [1.29, 1.82) is 0 Å². The van der Waals surface area contributed by atoms with Crippen molar-refractivity contribution < 1.29 is 4.79 Å². The number of hydrogen-bond donors (Lipinski definition) is 2. The van der Waals surface area contributed by atoms with Gasteiger partial charge in [0.15, 0.2) is 0 Å².